The van der Waals surface area contributed by atoms with Gasteiger partial charge in [-0.3, -0.25) is 13.9 Å². The highest BCUT2D eigenvalue weighted by Crippen LogP contribution is 2.25. The maximum atomic E-state index is 13.0. The van der Waals surface area contributed by atoms with Crippen molar-refractivity contribution in [1.82, 2.24) is 5.32 Å². The van der Waals surface area contributed by atoms with Crippen molar-refractivity contribution in [3.63, 3.8) is 0 Å². The first-order valence-corrected chi connectivity index (χ1v) is 14.2. The molecule has 2 amide bonds. The van der Waals surface area contributed by atoms with Crippen LogP contribution < -0.4 is 19.7 Å². The third-order valence-corrected chi connectivity index (χ3v) is 6.92. The largest absolute Gasteiger partial charge is 0.457 e. The standard InChI is InChI=1S/C30H29N3O5S/c1-39(36,37)33(24-16-18-26(19-17-24)38-25-12-6-3-7-13-25)22-29(34)32-28-15-9-8-14-27(28)30(35)31-21-20-23-10-4-2-5-11-23/h2-19H,20-22H2,1H3,(H,31,35)(H,32,34). The molecule has 2 N–H and O–H groups in total. The second-order valence-corrected chi connectivity index (χ2v) is 10.7. The molecular formula is C30H29N3O5S. The second kappa shape index (κ2) is 12.7. The quantitative estimate of drug-likeness (QED) is 0.281. The minimum absolute atomic E-state index is 0.284. The highest BCUT2D eigenvalue weighted by Gasteiger charge is 2.22. The number of nitrogens with one attached hydrogen (secondary N) is 2. The van der Waals surface area contributed by atoms with Gasteiger partial charge in [0.1, 0.15) is 18.0 Å². The summed E-state index contributed by atoms with van der Waals surface area (Å²) in [6.45, 7) is -0.0430. The normalized spacial score (nSPS) is 10.9. The number of ether oxygens (including phenoxy) is 1. The highest BCUT2D eigenvalue weighted by atomic mass is 32.2. The van der Waals surface area contributed by atoms with Gasteiger partial charge in [0.05, 0.1) is 23.2 Å². The van der Waals surface area contributed by atoms with Crippen molar-refractivity contribution in [3.05, 3.63) is 120 Å². The van der Waals surface area contributed by atoms with Gasteiger partial charge in [-0.05, 0) is 60.5 Å². The van der Waals surface area contributed by atoms with Gasteiger partial charge < -0.3 is 15.4 Å². The van der Waals surface area contributed by atoms with E-state index < -0.39 is 22.5 Å². The molecule has 0 bridgehead atoms. The third-order valence-electron chi connectivity index (χ3n) is 5.78. The summed E-state index contributed by atoms with van der Waals surface area (Å²) >= 11 is 0. The molecule has 0 atom stereocenters. The molecule has 4 aromatic carbocycles. The number of anilines is 2. The zero-order chi connectivity index (χ0) is 27.7. The van der Waals surface area contributed by atoms with E-state index in [0.717, 1.165) is 16.1 Å². The Hall–Kier alpha value is -4.63. The Kier molecular flexibility index (Phi) is 8.96. The lowest BCUT2D eigenvalue weighted by Crippen LogP contribution is -2.37. The number of rotatable bonds is 11. The molecule has 200 valence electrons. The number of amides is 2. The predicted molar refractivity (Wildman–Crippen MR) is 153 cm³/mol. The number of hydrogen-bond acceptors (Lipinski definition) is 5. The van der Waals surface area contributed by atoms with Crippen LogP contribution in [-0.2, 0) is 21.2 Å². The molecule has 0 aromatic heterocycles. The molecule has 4 rings (SSSR count). The van der Waals surface area contributed by atoms with E-state index in [1.807, 2.05) is 60.7 Å². The van der Waals surface area contributed by atoms with Crippen LogP contribution in [0.25, 0.3) is 0 Å². The van der Waals surface area contributed by atoms with Crippen LogP contribution in [0.3, 0.4) is 0 Å². The third kappa shape index (κ3) is 7.93. The van der Waals surface area contributed by atoms with Crippen molar-refractivity contribution in [1.29, 1.82) is 0 Å². The average Bonchev–Trinajstić information content (AvgIpc) is 2.93. The van der Waals surface area contributed by atoms with E-state index in [2.05, 4.69) is 10.6 Å². The topological polar surface area (TPSA) is 105 Å². The van der Waals surface area contributed by atoms with Gasteiger partial charge in [-0.25, -0.2) is 8.42 Å². The summed E-state index contributed by atoms with van der Waals surface area (Å²) in [6, 6.07) is 32.0. The number of nitrogens with zero attached hydrogens (tertiary/aromatic N) is 1. The van der Waals surface area contributed by atoms with E-state index in [-0.39, 0.29) is 11.5 Å². The summed E-state index contributed by atoms with van der Waals surface area (Å²) in [5.41, 5.74) is 1.98. The summed E-state index contributed by atoms with van der Waals surface area (Å²) < 4.78 is 31.9. The fraction of sp³-hybridized carbons (Fsp3) is 0.133. The van der Waals surface area contributed by atoms with Crippen LogP contribution in [0.15, 0.2) is 109 Å². The molecular weight excluding hydrogens is 514 g/mol. The number of sulfonamides is 1. The number of hydrogen-bond donors (Lipinski definition) is 2. The summed E-state index contributed by atoms with van der Waals surface area (Å²) in [5, 5.41) is 5.55. The van der Waals surface area contributed by atoms with Gasteiger partial charge in [-0.1, -0.05) is 60.7 Å². The Morgan fingerprint density at radius 1 is 0.769 bits per heavy atom. The Labute approximate surface area is 228 Å². The van der Waals surface area contributed by atoms with Crippen LogP contribution >= 0.6 is 0 Å². The fourth-order valence-electron chi connectivity index (χ4n) is 3.88. The van der Waals surface area contributed by atoms with Crippen LogP contribution in [0.2, 0.25) is 0 Å². The van der Waals surface area contributed by atoms with Gasteiger partial charge in [0.15, 0.2) is 0 Å². The molecule has 0 spiro atoms. The number of carbonyl (C=O) groups excluding carboxylic acids is 2. The van der Waals surface area contributed by atoms with Crippen molar-refractivity contribution >= 4 is 33.2 Å². The minimum Gasteiger partial charge on any atom is -0.457 e. The molecule has 4 aromatic rings. The van der Waals surface area contributed by atoms with Gasteiger partial charge in [0, 0.05) is 6.54 Å². The lowest BCUT2D eigenvalue weighted by molar-refractivity contribution is -0.114. The fourth-order valence-corrected chi connectivity index (χ4v) is 4.73. The molecule has 0 fully saturated rings. The van der Waals surface area contributed by atoms with Gasteiger partial charge in [-0.15, -0.1) is 0 Å². The smallest absolute Gasteiger partial charge is 0.253 e. The van der Waals surface area contributed by atoms with Crippen LogP contribution in [0.1, 0.15) is 15.9 Å². The van der Waals surface area contributed by atoms with E-state index in [4.69, 9.17) is 4.74 Å². The summed E-state index contributed by atoms with van der Waals surface area (Å²) in [5.74, 6) is 0.243. The van der Waals surface area contributed by atoms with Crippen LogP contribution in [0.5, 0.6) is 11.5 Å². The molecule has 0 aliphatic rings. The first-order valence-electron chi connectivity index (χ1n) is 12.3. The lowest BCUT2D eigenvalue weighted by atomic mass is 10.1. The van der Waals surface area contributed by atoms with Crippen molar-refractivity contribution in [2.24, 2.45) is 0 Å². The van der Waals surface area contributed by atoms with E-state index >= 15 is 0 Å². The first-order chi connectivity index (χ1) is 18.8. The van der Waals surface area contributed by atoms with E-state index in [0.29, 0.717) is 35.8 Å². The number of para-hydroxylation sites is 2. The van der Waals surface area contributed by atoms with Gasteiger partial charge in [0.25, 0.3) is 5.91 Å². The molecule has 0 aliphatic carbocycles. The maximum Gasteiger partial charge on any atom is 0.253 e. The van der Waals surface area contributed by atoms with Crippen molar-refractivity contribution in [2.45, 2.75) is 6.42 Å². The van der Waals surface area contributed by atoms with Crippen LogP contribution in [0, 0.1) is 0 Å². The molecule has 0 saturated carbocycles. The first kappa shape index (κ1) is 27.4. The molecule has 0 radical (unpaired) electrons. The summed E-state index contributed by atoms with van der Waals surface area (Å²) in [4.78, 5) is 25.8. The minimum atomic E-state index is -3.79. The maximum absolute atomic E-state index is 13.0. The van der Waals surface area contributed by atoms with E-state index in [9.17, 15) is 18.0 Å². The Balaban J connectivity index is 1.41. The molecule has 0 heterocycles. The van der Waals surface area contributed by atoms with Gasteiger partial charge >= 0.3 is 0 Å². The monoisotopic (exact) mass is 543 g/mol. The molecule has 0 saturated heterocycles. The van der Waals surface area contributed by atoms with E-state index in [1.54, 1.807) is 48.5 Å². The number of carbonyl (C=O) groups is 2. The zero-order valence-electron chi connectivity index (χ0n) is 21.4. The van der Waals surface area contributed by atoms with Crippen LogP contribution in [0.4, 0.5) is 11.4 Å². The zero-order valence-corrected chi connectivity index (χ0v) is 22.2. The SMILES string of the molecule is CS(=O)(=O)N(CC(=O)Nc1ccccc1C(=O)NCCc1ccccc1)c1ccc(Oc2ccccc2)cc1. The molecule has 8 nitrogen and oxygen atoms in total. The Morgan fingerprint density at radius 3 is 2.03 bits per heavy atom. The molecule has 0 aliphatic heterocycles. The predicted octanol–water partition coefficient (Wildman–Crippen LogP) is 4.86. The van der Waals surface area contributed by atoms with Gasteiger partial charge in [0.2, 0.25) is 15.9 Å². The number of benzene rings is 4. The molecule has 39 heavy (non-hydrogen) atoms. The lowest BCUT2D eigenvalue weighted by Gasteiger charge is -2.22. The van der Waals surface area contributed by atoms with Crippen molar-refractivity contribution < 1.29 is 22.7 Å². The Morgan fingerprint density at radius 2 is 1.36 bits per heavy atom. The Bertz CT molecular complexity index is 1510. The van der Waals surface area contributed by atoms with Crippen molar-refractivity contribution in [2.75, 3.05) is 29.0 Å². The second-order valence-electron chi connectivity index (χ2n) is 8.76. The summed E-state index contributed by atoms with van der Waals surface area (Å²) in [7, 11) is -3.79. The molecule has 0 unspecified atom stereocenters. The van der Waals surface area contributed by atoms with Crippen LogP contribution in [-0.4, -0.2) is 39.6 Å². The average molecular weight is 544 g/mol. The van der Waals surface area contributed by atoms with Crippen molar-refractivity contribution in [3.8, 4) is 11.5 Å². The highest BCUT2D eigenvalue weighted by molar-refractivity contribution is 7.92. The summed E-state index contributed by atoms with van der Waals surface area (Å²) in [6.07, 6.45) is 1.70. The van der Waals surface area contributed by atoms with Gasteiger partial charge in [-0.2, -0.15) is 0 Å². The van der Waals surface area contributed by atoms with E-state index in [1.165, 1.54) is 0 Å². The molecule has 9 heteroatoms.